The summed E-state index contributed by atoms with van der Waals surface area (Å²) >= 11 is 0. The first-order valence-electron chi connectivity index (χ1n) is 5.07. The van der Waals surface area contributed by atoms with Crippen molar-refractivity contribution < 1.29 is 4.79 Å². The number of amides is 1. The molecule has 1 aromatic heterocycles. The zero-order chi connectivity index (χ0) is 11.4. The van der Waals surface area contributed by atoms with Crippen molar-refractivity contribution in [3.05, 3.63) is 53.9 Å². The summed E-state index contributed by atoms with van der Waals surface area (Å²) in [6.45, 7) is 0.533. The minimum absolute atomic E-state index is 0.108. The van der Waals surface area contributed by atoms with Gasteiger partial charge in [-0.2, -0.15) is 5.10 Å². The lowest BCUT2D eigenvalue weighted by atomic mass is 10.2. The van der Waals surface area contributed by atoms with Gasteiger partial charge >= 0.3 is 0 Å². The number of aryl methyl sites for hydroxylation is 1. The first kappa shape index (κ1) is 10.4. The van der Waals surface area contributed by atoms with Crippen molar-refractivity contribution >= 4 is 5.91 Å². The number of carbonyl (C=O) groups excluding carboxylic acids is 1. The second kappa shape index (κ2) is 4.61. The van der Waals surface area contributed by atoms with Crippen molar-refractivity contribution in [1.82, 2.24) is 15.1 Å². The van der Waals surface area contributed by atoms with Gasteiger partial charge < -0.3 is 5.32 Å². The number of nitrogens with zero attached hydrogens (tertiary/aromatic N) is 2. The van der Waals surface area contributed by atoms with Crippen LogP contribution < -0.4 is 5.32 Å². The molecule has 0 spiro atoms. The molecule has 0 aliphatic rings. The maximum atomic E-state index is 11.7. The van der Waals surface area contributed by atoms with Crippen molar-refractivity contribution in [3.63, 3.8) is 0 Å². The average Bonchev–Trinajstić information content (AvgIpc) is 2.74. The quantitative estimate of drug-likeness (QED) is 0.840. The molecule has 1 N–H and O–H groups in total. The van der Waals surface area contributed by atoms with Crippen LogP contribution in [0.25, 0.3) is 0 Å². The van der Waals surface area contributed by atoms with Gasteiger partial charge in [-0.1, -0.05) is 30.3 Å². The predicted octanol–water partition coefficient (Wildman–Crippen LogP) is 1.35. The summed E-state index contributed by atoms with van der Waals surface area (Å²) in [7, 11) is 1.75. The van der Waals surface area contributed by atoms with E-state index >= 15 is 0 Å². The zero-order valence-corrected chi connectivity index (χ0v) is 9.05. The van der Waals surface area contributed by atoms with Crippen LogP contribution >= 0.6 is 0 Å². The molecule has 1 aromatic carbocycles. The smallest absolute Gasteiger partial charge is 0.269 e. The van der Waals surface area contributed by atoms with Gasteiger partial charge in [0.1, 0.15) is 5.69 Å². The average molecular weight is 215 g/mol. The molecular formula is C12H13N3O. The van der Waals surface area contributed by atoms with Crippen molar-refractivity contribution in [2.75, 3.05) is 0 Å². The number of nitrogens with one attached hydrogen (secondary N) is 1. The Morgan fingerprint density at radius 3 is 2.69 bits per heavy atom. The molecule has 0 aliphatic carbocycles. The molecular weight excluding hydrogens is 202 g/mol. The molecule has 16 heavy (non-hydrogen) atoms. The monoisotopic (exact) mass is 215 g/mol. The third kappa shape index (κ3) is 2.28. The predicted molar refractivity (Wildman–Crippen MR) is 60.8 cm³/mol. The van der Waals surface area contributed by atoms with E-state index in [1.54, 1.807) is 24.0 Å². The van der Waals surface area contributed by atoms with E-state index in [0.717, 1.165) is 5.56 Å². The molecule has 0 saturated carbocycles. The van der Waals surface area contributed by atoms with E-state index < -0.39 is 0 Å². The van der Waals surface area contributed by atoms with Crippen LogP contribution in [0.2, 0.25) is 0 Å². The van der Waals surface area contributed by atoms with Gasteiger partial charge in [-0.3, -0.25) is 9.48 Å². The molecule has 0 unspecified atom stereocenters. The highest BCUT2D eigenvalue weighted by Crippen LogP contribution is 2.00. The summed E-state index contributed by atoms with van der Waals surface area (Å²) in [4.78, 5) is 11.7. The van der Waals surface area contributed by atoms with Crippen molar-refractivity contribution in [1.29, 1.82) is 0 Å². The number of benzene rings is 1. The van der Waals surface area contributed by atoms with Gasteiger partial charge in [0.25, 0.3) is 5.91 Å². The van der Waals surface area contributed by atoms with Gasteiger partial charge in [0.05, 0.1) is 0 Å². The normalized spacial score (nSPS) is 10.1. The van der Waals surface area contributed by atoms with Crippen molar-refractivity contribution in [2.24, 2.45) is 7.05 Å². The van der Waals surface area contributed by atoms with Gasteiger partial charge in [-0.25, -0.2) is 0 Å². The molecule has 0 saturated heterocycles. The fourth-order valence-electron chi connectivity index (χ4n) is 1.47. The van der Waals surface area contributed by atoms with E-state index in [4.69, 9.17) is 0 Å². The maximum absolute atomic E-state index is 11.7. The third-order valence-electron chi connectivity index (χ3n) is 2.35. The lowest BCUT2D eigenvalue weighted by Crippen LogP contribution is -2.25. The maximum Gasteiger partial charge on any atom is 0.269 e. The third-order valence-corrected chi connectivity index (χ3v) is 2.35. The van der Waals surface area contributed by atoms with Crippen LogP contribution in [0.15, 0.2) is 42.6 Å². The number of rotatable bonds is 3. The van der Waals surface area contributed by atoms with E-state index in [1.807, 2.05) is 30.3 Å². The Morgan fingerprint density at radius 1 is 1.31 bits per heavy atom. The highest BCUT2D eigenvalue weighted by atomic mass is 16.2. The molecule has 0 fully saturated rings. The topological polar surface area (TPSA) is 46.9 Å². The van der Waals surface area contributed by atoms with E-state index in [1.165, 1.54) is 0 Å². The Labute approximate surface area is 93.9 Å². The number of hydrogen-bond acceptors (Lipinski definition) is 2. The van der Waals surface area contributed by atoms with Gasteiger partial charge in [-0.15, -0.1) is 0 Å². The molecule has 1 amide bonds. The molecule has 2 rings (SSSR count). The molecule has 4 nitrogen and oxygen atoms in total. The van der Waals surface area contributed by atoms with Gasteiger partial charge in [0.2, 0.25) is 0 Å². The Morgan fingerprint density at radius 2 is 2.06 bits per heavy atom. The Kier molecular flexibility index (Phi) is 3.00. The second-order valence-corrected chi connectivity index (χ2v) is 3.51. The Hall–Kier alpha value is -2.10. The molecule has 82 valence electrons. The first-order chi connectivity index (χ1) is 7.77. The first-order valence-corrected chi connectivity index (χ1v) is 5.07. The molecule has 0 aliphatic heterocycles. The molecule has 1 heterocycles. The molecule has 0 atom stereocenters. The van der Waals surface area contributed by atoms with Crippen LogP contribution in [-0.2, 0) is 13.6 Å². The summed E-state index contributed by atoms with van der Waals surface area (Å²) in [6, 6.07) is 11.5. The SMILES string of the molecule is Cn1nccc1C(=O)NCc1ccccc1. The van der Waals surface area contributed by atoms with Gasteiger partial charge in [0.15, 0.2) is 0 Å². The van der Waals surface area contributed by atoms with Crippen LogP contribution in [0.4, 0.5) is 0 Å². The molecule has 0 bridgehead atoms. The van der Waals surface area contributed by atoms with E-state index in [0.29, 0.717) is 12.2 Å². The van der Waals surface area contributed by atoms with Crippen molar-refractivity contribution in [3.8, 4) is 0 Å². The minimum Gasteiger partial charge on any atom is -0.347 e. The number of carbonyl (C=O) groups is 1. The van der Waals surface area contributed by atoms with E-state index in [9.17, 15) is 4.79 Å². The molecule has 4 heteroatoms. The van der Waals surface area contributed by atoms with Crippen LogP contribution in [0.5, 0.6) is 0 Å². The van der Waals surface area contributed by atoms with Crippen LogP contribution in [0.1, 0.15) is 16.1 Å². The molecule has 2 aromatic rings. The largest absolute Gasteiger partial charge is 0.347 e. The zero-order valence-electron chi connectivity index (χ0n) is 9.05. The fraction of sp³-hybridized carbons (Fsp3) is 0.167. The van der Waals surface area contributed by atoms with Crippen LogP contribution in [0.3, 0.4) is 0 Å². The summed E-state index contributed by atoms with van der Waals surface area (Å²) in [5.41, 5.74) is 1.65. The summed E-state index contributed by atoms with van der Waals surface area (Å²) in [6.07, 6.45) is 1.61. The van der Waals surface area contributed by atoms with E-state index in [-0.39, 0.29) is 5.91 Å². The standard InChI is InChI=1S/C12H13N3O/c1-15-11(7-8-14-15)12(16)13-9-10-5-3-2-4-6-10/h2-8H,9H2,1H3,(H,13,16). The molecule has 0 radical (unpaired) electrons. The van der Waals surface area contributed by atoms with Crippen molar-refractivity contribution in [2.45, 2.75) is 6.54 Å². The Balaban J connectivity index is 1.97. The minimum atomic E-state index is -0.108. The summed E-state index contributed by atoms with van der Waals surface area (Å²) in [5, 5.41) is 6.79. The fourth-order valence-corrected chi connectivity index (χ4v) is 1.47. The highest BCUT2D eigenvalue weighted by Gasteiger charge is 2.08. The van der Waals surface area contributed by atoms with Crippen LogP contribution in [-0.4, -0.2) is 15.7 Å². The Bertz CT molecular complexity index is 476. The summed E-state index contributed by atoms with van der Waals surface area (Å²) in [5.74, 6) is -0.108. The van der Waals surface area contributed by atoms with Gasteiger partial charge in [-0.05, 0) is 11.6 Å². The highest BCUT2D eigenvalue weighted by molar-refractivity contribution is 5.92. The van der Waals surface area contributed by atoms with Crippen LogP contribution in [0, 0.1) is 0 Å². The number of hydrogen-bond donors (Lipinski definition) is 1. The lowest BCUT2D eigenvalue weighted by Gasteiger charge is -2.05. The summed E-state index contributed by atoms with van der Waals surface area (Å²) < 4.78 is 1.56. The van der Waals surface area contributed by atoms with Gasteiger partial charge in [0, 0.05) is 19.8 Å². The number of aromatic nitrogens is 2. The lowest BCUT2D eigenvalue weighted by molar-refractivity contribution is 0.0941. The second-order valence-electron chi connectivity index (χ2n) is 3.51. The van der Waals surface area contributed by atoms with E-state index in [2.05, 4.69) is 10.4 Å².